The summed E-state index contributed by atoms with van der Waals surface area (Å²) in [6.45, 7) is 1.28. The minimum Gasteiger partial charge on any atom is -0.385 e. The first-order valence-corrected chi connectivity index (χ1v) is 5.98. The van der Waals surface area contributed by atoms with Crippen LogP contribution in [0.1, 0.15) is 18.1 Å². The van der Waals surface area contributed by atoms with Gasteiger partial charge in [-0.05, 0) is 18.6 Å². The molecule has 1 heterocycles. The molecule has 0 bridgehead atoms. The van der Waals surface area contributed by atoms with Crippen LogP contribution in [0.25, 0.3) is 0 Å². The van der Waals surface area contributed by atoms with E-state index in [1.165, 1.54) is 0 Å². The quantitative estimate of drug-likeness (QED) is 0.760. The molecule has 2 aromatic rings. The van der Waals surface area contributed by atoms with Crippen molar-refractivity contribution in [3.63, 3.8) is 0 Å². The summed E-state index contributed by atoms with van der Waals surface area (Å²) in [6.07, 6.45) is 1.72. The summed E-state index contributed by atoms with van der Waals surface area (Å²) in [5.41, 5.74) is 1.13. The summed E-state index contributed by atoms with van der Waals surface area (Å²) in [5, 5.41) is 7.14. The molecule has 0 spiro atoms. The number of nitrogens with zero attached hydrogens (tertiary/aromatic N) is 2. The maximum Gasteiger partial charge on any atom is 0.226 e. The van der Waals surface area contributed by atoms with Crippen LogP contribution >= 0.6 is 0 Å². The molecule has 0 saturated carbocycles. The molecule has 0 radical (unpaired) electrons. The number of nitrogens with one attached hydrogen (secondary N) is 1. The third-order valence-corrected chi connectivity index (χ3v) is 2.45. The summed E-state index contributed by atoms with van der Waals surface area (Å²) in [7, 11) is 1.61. The molecular formula is C13H17N3O2. The van der Waals surface area contributed by atoms with Crippen molar-refractivity contribution in [2.45, 2.75) is 19.4 Å². The van der Waals surface area contributed by atoms with Crippen molar-refractivity contribution in [2.75, 3.05) is 19.0 Å². The number of para-hydroxylation sites is 1. The van der Waals surface area contributed by atoms with Crippen molar-refractivity contribution in [1.29, 1.82) is 0 Å². The second kappa shape index (κ2) is 6.76. The van der Waals surface area contributed by atoms with Gasteiger partial charge in [0, 0.05) is 25.8 Å². The van der Waals surface area contributed by atoms with Crippen molar-refractivity contribution in [3.8, 4) is 0 Å². The number of benzene rings is 1. The average molecular weight is 247 g/mol. The van der Waals surface area contributed by atoms with Crippen LogP contribution in [0.15, 0.2) is 34.9 Å². The van der Waals surface area contributed by atoms with Crippen molar-refractivity contribution in [3.05, 3.63) is 42.0 Å². The van der Waals surface area contributed by atoms with Crippen LogP contribution in [0.5, 0.6) is 0 Å². The number of ether oxygens (including phenoxy) is 1. The molecule has 0 amide bonds. The van der Waals surface area contributed by atoms with Crippen LogP contribution in [-0.4, -0.2) is 23.8 Å². The first-order valence-electron chi connectivity index (χ1n) is 5.98. The number of rotatable bonds is 7. The number of hydrogen-bond acceptors (Lipinski definition) is 5. The highest BCUT2D eigenvalue weighted by Gasteiger charge is 2.04. The van der Waals surface area contributed by atoms with E-state index in [-0.39, 0.29) is 0 Å². The summed E-state index contributed by atoms with van der Waals surface area (Å²) >= 11 is 0. The van der Waals surface area contributed by atoms with Gasteiger partial charge in [0.2, 0.25) is 5.89 Å². The molecule has 1 N–H and O–H groups in total. The Morgan fingerprint density at radius 3 is 2.89 bits per heavy atom. The second-order valence-corrected chi connectivity index (χ2v) is 3.93. The Kier molecular flexibility index (Phi) is 4.72. The van der Waals surface area contributed by atoms with Crippen LogP contribution < -0.4 is 5.32 Å². The Balaban J connectivity index is 1.68. The third-order valence-electron chi connectivity index (χ3n) is 2.45. The zero-order valence-corrected chi connectivity index (χ0v) is 10.4. The summed E-state index contributed by atoms with van der Waals surface area (Å²) < 4.78 is 10.0. The average Bonchev–Trinajstić information content (AvgIpc) is 2.84. The Bertz CT molecular complexity index is 456. The maximum absolute atomic E-state index is 5.10. The molecule has 0 atom stereocenters. The van der Waals surface area contributed by atoms with E-state index < -0.39 is 0 Å². The fourth-order valence-corrected chi connectivity index (χ4v) is 1.61. The van der Waals surface area contributed by atoms with Crippen LogP contribution in [0, 0.1) is 0 Å². The zero-order chi connectivity index (χ0) is 12.6. The molecule has 0 unspecified atom stereocenters. The van der Waals surface area contributed by atoms with Gasteiger partial charge in [-0.2, -0.15) is 4.98 Å². The highest BCUT2D eigenvalue weighted by atomic mass is 16.5. The van der Waals surface area contributed by atoms with Crippen LogP contribution in [0.2, 0.25) is 0 Å². The molecule has 0 aliphatic rings. The molecule has 1 aromatic carbocycles. The van der Waals surface area contributed by atoms with E-state index >= 15 is 0 Å². The van der Waals surface area contributed by atoms with Gasteiger partial charge in [-0.25, -0.2) is 0 Å². The highest BCUT2D eigenvalue weighted by molar-refractivity contribution is 5.42. The minimum atomic E-state index is 0.395. The molecule has 96 valence electrons. The van der Waals surface area contributed by atoms with E-state index in [1.807, 2.05) is 30.3 Å². The molecule has 18 heavy (non-hydrogen) atoms. The topological polar surface area (TPSA) is 60.2 Å². The molecule has 0 aliphatic heterocycles. The molecule has 5 heteroatoms. The number of aromatic nitrogens is 2. The number of aryl methyl sites for hydroxylation is 1. The first-order chi connectivity index (χ1) is 8.88. The number of methoxy groups -OCH3 is 1. The third kappa shape index (κ3) is 3.85. The predicted molar refractivity (Wildman–Crippen MR) is 68.3 cm³/mol. The van der Waals surface area contributed by atoms with Gasteiger partial charge in [-0.15, -0.1) is 0 Å². The number of anilines is 1. The zero-order valence-electron chi connectivity index (χ0n) is 10.4. The minimum absolute atomic E-state index is 0.395. The Morgan fingerprint density at radius 2 is 2.11 bits per heavy atom. The lowest BCUT2D eigenvalue weighted by Crippen LogP contribution is -2.02. The Morgan fingerprint density at radius 1 is 1.28 bits per heavy atom. The fraction of sp³-hybridized carbons (Fsp3) is 0.385. The summed E-state index contributed by atoms with van der Waals surface area (Å²) in [4.78, 5) is 4.21. The molecule has 0 saturated heterocycles. The molecular weight excluding hydrogens is 230 g/mol. The predicted octanol–water partition coefficient (Wildman–Crippen LogP) is 2.26. The lowest BCUT2D eigenvalue weighted by atomic mass is 10.3. The number of hydrogen-bond donors (Lipinski definition) is 1. The SMILES string of the molecule is COCc1noc(CCCNc2ccccc2)n1. The van der Waals surface area contributed by atoms with Crippen molar-refractivity contribution in [1.82, 2.24) is 10.1 Å². The monoisotopic (exact) mass is 247 g/mol. The lowest BCUT2D eigenvalue weighted by molar-refractivity contribution is 0.174. The molecule has 0 fully saturated rings. The van der Waals surface area contributed by atoms with Gasteiger partial charge in [0.25, 0.3) is 0 Å². The summed E-state index contributed by atoms with van der Waals surface area (Å²) in [6, 6.07) is 10.1. The van der Waals surface area contributed by atoms with Gasteiger partial charge in [0.05, 0.1) is 0 Å². The Labute approximate surface area is 106 Å². The smallest absolute Gasteiger partial charge is 0.226 e. The standard InChI is InChI=1S/C13H17N3O2/c1-17-10-12-15-13(18-16-12)8-5-9-14-11-6-3-2-4-7-11/h2-4,6-7,14H,5,8-10H2,1H3. The van der Waals surface area contributed by atoms with Crippen LogP contribution in [-0.2, 0) is 17.8 Å². The molecule has 1 aromatic heterocycles. The Hall–Kier alpha value is -1.88. The maximum atomic E-state index is 5.10. The van der Waals surface area contributed by atoms with E-state index in [9.17, 15) is 0 Å². The van der Waals surface area contributed by atoms with Crippen molar-refractivity contribution >= 4 is 5.69 Å². The van der Waals surface area contributed by atoms with Gasteiger partial charge in [0.15, 0.2) is 5.82 Å². The van der Waals surface area contributed by atoms with E-state index in [1.54, 1.807) is 7.11 Å². The molecule has 0 aliphatic carbocycles. The van der Waals surface area contributed by atoms with E-state index in [0.717, 1.165) is 25.1 Å². The van der Waals surface area contributed by atoms with E-state index in [2.05, 4.69) is 15.5 Å². The van der Waals surface area contributed by atoms with Crippen molar-refractivity contribution in [2.24, 2.45) is 0 Å². The second-order valence-electron chi connectivity index (χ2n) is 3.93. The van der Waals surface area contributed by atoms with Crippen molar-refractivity contribution < 1.29 is 9.26 Å². The van der Waals surface area contributed by atoms with Gasteiger partial charge in [0.1, 0.15) is 6.61 Å². The largest absolute Gasteiger partial charge is 0.385 e. The van der Waals surface area contributed by atoms with Gasteiger partial charge in [-0.3, -0.25) is 0 Å². The fourth-order valence-electron chi connectivity index (χ4n) is 1.61. The molecule has 2 rings (SSSR count). The normalized spacial score (nSPS) is 10.5. The first kappa shape index (κ1) is 12.6. The lowest BCUT2D eigenvalue weighted by Gasteiger charge is -2.03. The highest BCUT2D eigenvalue weighted by Crippen LogP contribution is 2.06. The van der Waals surface area contributed by atoms with E-state index in [0.29, 0.717) is 18.3 Å². The summed E-state index contributed by atoms with van der Waals surface area (Å²) in [5.74, 6) is 1.26. The van der Waals surface area contributed by atoms with Crippen LogP contribution in [0.3, 0.4) is 0 Å². The van der Waals surface area contributed by atoms with Gasteiger partial charge >= 0.3 is 0 Å². The van der Waals surface area contributed by atoms with Crippen LogP contribution in [0.4, 0.5) is 5.69 Å². The van der Waals surface area contributed by atoms with E-state index in [4.69, 9.17) is 9.26 Å². The molecule has 5 nitrogen and oxygen atoms in total. The van der Waals surface area contributed by atoms with Gasteiger partial charge < -0.3 is 14.6 Å². The van der Waals surface area contributed by atoms with Gasteiger partial charge in [-0.1, -0.05) is 23.4 Å².